The summed E-state index contributed by atoms with van der Waals surface area (Å²) in [5, 5.41) is 17.1. The summed E-state index contributed by atoms with van der Waals surface area (Å²) >= 11 is 0. The Bertz CT molecular complexity index is 3130. The van der Waals surface area contributed by atoms with Crippen molar-refractivity contribution in [3.05, 3.63) is 118 Å². The lowest BCUT2D eigenvalue weighted by Gasteiger charge is -2.47. The van der Waals surface area contributed by atoms with Gasteiger partial charge in [0.1, 0.15) is 11.5 Å². The van der Waals surface area contributed by atoms with Crippen LogP contribution in [0.15, 0.2) is 78.4 Å². The van der Waals surface area contributed by atoms with Gasteiger partial charge in [0.15, 0.2) is 5.82 Å². The highest BCUT2D eigenvalue weighted by Gasteiger charge is 2.44. The number of rotatable bonds is 11. The average molecular weight is 990 g/mol. The second kappa shape index (κ2) is 19.0. The van der Waals surface area contributed by atoms with Crippen LogP contribution in [0.4, 0.5) is 34.4 Å². The number of benzene rings is 2. The van der Waals surface area contributed by atoms with Crippen LogP contribution in [0.5, 0.6) is 0 Å². The van der Waals surface area contributed by atoms with Gasteiger partial charge in [-0.15, -0.1) is 0 Å². The molecule has 6 aliphatic rings. The number of amides is 4. The van der Waals surface area contributed by atoms with Gasteiger partial charge in [-0.2, -0.15) is 0 Å². The molecular formula is C55H63N11O7. The summed E-state index contributed by atoms with van der Waals surface area (Å²) in [5.74, 6) is -0.564. The second-order valence-electron chi connectivity index (χ2n) is 21.2. The Morgan fingerprint density at radius 3 is 2.44 bits per heavy atom. The third-order valence-electron chi connectivity index (χ3n) is 15.9. The summed E-state index contributed by atoms with van der Waals surface area (Å²) in [6, 6.07) is 15.3. The number of fused-ring (bicyclic) bond motifs is 4. The first-order chi connectivity index (χ1) is 35.2. The zero-order valence-corrected chi connectivity index (χ0v) is 42.0. The van der Waals surface area contributed by atoms with Crippen LogP contribution in [0.1, 0.15) is 94.5 Å². The number of aliphatic hydroxyl groups is 1. The Morgan fingerprint density at radius 2 is 1.68 bits per heavy atom. The number of nitrogens with one attached hydrogen (secondary N) is 2. The number of aromatic nitrogens is 4. The Labute approximate surface area is 424 Å². The fourth-order valence-electron chi connectivity index (χ4n) is 12.3. The Kier molecular flexibility index (Phi) is 12.6. The highest BCUT2D eigenvalue weighted by atomic mass is 16.5. The van der Waals surface area contributed by atoms with E-state index in [0.717, 1.165) is 63.2 Å². The molecule has 5 aromatic rings. The molecular weight excluding hydrogens is 927 g/mol. The molecule has 3 saturated heterocycles. The first-order valence-electron chi connectivity index (χ1n) is 25.6. The molecule has 0 radical (unpaired) electrons. The maximum atomic E-state index is 14.1. The number of hydrogen-bond acceptors (Lipinski definition) is 13. The molecule has 4 amide bonds. The normalized spacial score (nSPS) is 20.3. The van der Waals surface area contributed by atoms with Gasteiger partial charge in [0.05, 0.1) is 40.5 Å². The molecule has 5 aliphatic heterocycles. The fourth-order valence-corrected chi connectivity index (χ4v) is 12.3. The van der Waals surface area contributed by atoms with E-state index in [9.17, 15) is 29.1 Å². The number of carbonyl (C=O) groups excluding carboxylic acids is 4. The molecule has 0 spiro atoms. The predicted molar refractivity (Wildman–Crippen MR) is 279 cm³/mol. The van der Waals surface area contributed by atoms with Gasteiger partial charge in [-0.25, -0.2) is 9.97 Å². The highest BCUT2D eigenvalue weighted by Crippen LogP contribution is 2.41. The lowest BCUT2D eigenvalue weighted by molar-refractivity contribution is -0.111. The number of carbonyl (C=O) groups is 4. The van der Waals surface area contributed by atoms with E-state index in [-0.39, 0.29) is 46.9 Å². The molecule has 0 bridgehead atoms. The number of ether oxygens (including phenoxy) is 1. The van der Waals surface area contributed by atoms with E-state index in [4.69, 9.17) is 9.72 Å². The topological polar surface area (TPSA) is 191 Å². The molecule has 380 valence electrons. The molecule has 3 N–H and O–H groups in total. The van der Waals surface area contributed by atoms with Crippen molar-refractivity contribution in [2.45, 2.75) is 90.6 Å². The minimum atomic E-state index is -0.416. The summed E-state index contributed by atoms with van der Waals surface area (Å²) in [6.45, 7) is 15.9. The van der Waals surface area contributed by atoms with Crippen LogP contribution < -0.4 is 30.9 Å². The predicted octanol–water partition coefficient (Wildman–Crippen LogP) is 5.74. The summed E-state index contributed by atoms with van der Waals surface area (Å²) in [6.07, 6.45) is 9.40. The van der Waals surface area contributed by atoms with Crippen molar-refractivity contribution < 1.29 is 29.0 Å². The van der Waals surface area contributed by atoms with Gasteiger partial charge in [0, 0.05) is 119 Å². The zero-order valence-electron chi connectivity index (χ0n) is 42.0. The van der Waals surface area contributed by atoms with Crippen LogP contribution in [-0.2, 0) is 42.6 Å². The average Bonchev–Trinajstić information content (AvgIpc) is 3.99. The van der Waals surface area contributed by atoms with E-state index in [2.05, 4.69) is 62.2 Å². The number of anilines is 6. The summed E-state index contributed by atoms with van der Waals surface area (Å²) < 4.78 is 9.07. The Morgan fingerprint density at radius 1 is 0.890 bits per heavy atom. The number of hydrogen-bond donors (Lipinski definition) is 3. The van der Waals surface area contributed by atoms with Crippen molar-refractivity contribution in [1.82, 2.24) is 28.9 Å². The number of aryl methyl sites for hydroxylation is 1. The molecule has 3 fully saturated rings. The summed E-state index contributed by atoms with van der Waals surface area (Å²) in [7, 11) is 1.63. The van der Waals surface area contributed by atoms with Crippen molar-refractivity contribution >= 4 is 58.0 Å². The third-order valence-corrected chi connectivity index (χ3v) is 15.9. The monoisotopic (exact) mass is 989 g/mol. The lowest BCUT2D eigenvalue weighted by atomic mass is 9.90. The highest BCUT2D eigenvalue weighted by molar-refractivity contribution is 6.24. The molecule has 1 atom stereocenters. The van der Waals surface area contributed by atoms with E-state index in [1.807, 2.05) is 30.3 Å². The van der Waals surface area contributed by atoms with Gasteiger partial charge in [-0.1, -0.05) is 26.5 Å². The molecule has 8 heterocycles. The SMILES string of the molecule is C=CC(=O)Nc1cc(Nc2nc(-c3ccnc(N4CCn5c(cc6c5CC(C)(C)C6)C4=O)c3CO)cn(C)c2=O)ccc1N1CCN(C2CCN(c3cccc4c3C(=O)N(C3CCOCC3)C4=O)CC2)C[C@@H]1C. The molecule has 18 nitrogen and oxygen atoms in total. The number of nitrogens with zero attached hydrogens (tertiary/aromatic N) is 9. The van der Waals surface area contributed by atoms with Gasteiger partial charge >= 0.3 is 0 Å². The summed E-state index contributed by atoms with van der Waals surface area (Å²) in [5.41, 5.74) is 7.92. The quantitative estimate of drug-likeness (QED) is 0.107. The smallest absolute Gasteiger partial charge is 0.293 e. The number of imide groups is 1. The standard InChI is InChI=1S/C55H63N11O7/c1-6-47(68)58-41-27-35(57-49-54(72)60(5)31-42(59-49)38-12-17-56-50(40(38)32-67)65-23-22-64-45(52(65)70)26-34-28-55(3,4)29-46(34)64)10-11-43(41)63-21-20-62(30-33(63)2)36-13-18-61(19-14-36)44-9-7-8-39-48(44)53(71)66(51(39)69)37-15-24-73-25-16-37/h6-12,17,26-27,31,33,36-37,67H,1,13-16,18-25,28-30,32H2,2-5H3,(H,57,59)(H,58,68)/t33-/m0/s1. The molecule has 2 aromatic carbocycles. The largest absolute Gasteiger partial charge is 0.392 e. The van der Waals surface area contributed by atoms with Gasteiger partial charge < -0.3 is 39.4 Å². The minimum Gasteiger partial charge on any atom is -0.392 e. The van der Waals surface area contributed by atoms with E-state index in [1.54, 1.807) is 42.5 Å². The van der Waals surface area contributed by atoms with Crippen LogP contribution >= 0.6 is 0 Å². The Balaban J connectivity index is 0.782. The maximum Gasteiger partial charge on any atom is 0.293 e. The van der Waals surface area contributed by atoms with Crippen molar-refractivity contribution in [2.24, 2.45) is 12.5 Å². The van der Waals surface area contributed by atoms with Crippen molar-refractivity contribution in [1.29, 1.82) is 0 Å². The first kappa shape index (κ1) is 48.1. The van der Waals surface area contributed by atoms with Crippen LogP contribution in [0.2, 0.25) is 0 Å². The fraction of sp³-hybridized carbons (Fsp3) is 0.436. The number of aliphatic hydroxyl groups excluding tert-OH is 1. The van der Waals surface area contributed by atoms with Crippen LogP contribution in [0.3, 0.4) is 0 Å². The van der Waals surface area contributed by atoms with Crippen molar-refractivity contribution in [2.75, 3.05) is 77.8 Å². The van der Waals surface area contributed by atoms with Crippen LogP contribution in [-0.4, -0.2) is 128 Å². The second-order valence-corrected chi connectivity index (χ2v) is 21.2. The van der Waals surface area contributed by atoms with Gasteiger partial charge in [0.2, 0.25) is 5.91 Å². The van der Waals surface area contributed by atoms with Gasteiger partial charge in [0.25, 0.3) is 23.3 Å². The molecule has 1 aliphatic carbocycles. The molecule has 18 heteroatoms. The molecule has 3 aromatic heterocycles. The van der Waals surface area contributed by atoms with E-state index < -0.39 is 12.2 Å². The van der Waals surface area contributed by atoms with E-state index in [0.29, 0.717) is 103 Å². The van der Waals surface area contributed by atoms with Crippen LogP contribution in [0, 0.1) is 5.41 Å². The van der Waals surface area contributed by atoms with Gasteiger partial charge in [-0.05, 0) is 105 Å². The molecule has 0 saturated carbocycles. The molecule has 11 rings (SSSR count). The number of pyridine rings is 1. The van der Waals surface area contributed by atoms with Crippen molar-refractivity contribution in [3.8, 4) is 11.3 Å². The number of piperazine rings is 1. The molecule has 0 unspecified atom stereocenters. The van der Waals surface area contributed by atoms with Crippen LogP contribution in [0.25, 0.3) is 11.3 Å². The minimum absolute atomic E-state index is 0.0297. The first-order valence-corrected chi connectivity index (χ1v) is 25.6. The van der Waals surface area contributed by atoms with E-state index >= 15 is 0 Å². The number of piperidine rings is 1. The maximum absolute atomic E-state index is 14.1. The van der Waals surface area contributed by atoms with E-state index in [1.165, 1.54) is 26.8 Å². The Hall–Kier alpha value is -7.15. The third kappa shape index (κ3) is 8.67. The zero-order chi connectivity index (χ0) is 50.9. The molecule has 73 heavy (non-hydrogen) atoms. The van der Waals surface area contributed by atoms with Crippen molar-refractivity contribution in [3.63, 3.8) is 0 Å². The van der Waals surface area contributed by atoms with Gasteiger partial charge in [-0.3, -0.25) is 38.7 Å². The summed E-state index contributed by atoms with van der Waals surface area (Å²) in [4.78, 5) is 87.7. The lowest BCUT2D eigenvalue weighted by Crippen LogP contribution is -2.57.